The van der Waals surface area contributed by atoms with E-state index < -0.39 is 0 Å². The smallest absolute Gasteiger partial charge is 0.228 e. The summed E-state index contributed by atoms with van der Waals surface area (Å²) in [6.45, 7) is 2.93. The molecule has 0 spiro atoms. The van der Waals surface area contributed by atoms with Gasteiger partial charge < -0.3 is 10.6 Å². The van der Waals surface area contributed by atoms with E-state index in [4.69, 9.17) is 0 Å². The van der Waals surface area contributed by atoms with E-state index in [9.17, 15) is 4.79 Å². The largest absolute Gasteiger partial charge is 0.326 e. The van der Waals surface area contributed by atoms with Gasteiger partial charge in [-0.2, -0.15) is 0 Å². The lowest BCUT2D eigenvalue weighted by atomic mass is 9.97. The van der Waals surface area contributed by atoms with Crippen LogP contribution >= 0.6 is 15.9 Å². The van der Waals surface area contributed by atoms with Gasteiger partial charge in [0.15, 0.2) is 0 Å². The summed E-state index contributed by atoms with van der Waals surface area (Å²) < 4.78 is 0.959. The molecule has 5 heteroatoms. The van der Waals surface area contributed by atoms with Gasteiger partial charge in [0, 0.05) is 22.6 Å². The number of anilines is 1. The number of nitrogens with one attached hydrogen (secondary N) is 2. The monoisotopic (exact) mass is 345 g/mol. The minimum atomic E-state index is 0.0614. The molecule has 0 bridgehead atoms. The average Bonchev–Trinajstić information content (AvgIpc) is 2.83. The molecule has 21 heavy (non-hydrogen) atoms. The predicted molar refractivity (Wildman–Crippen MR) is 86.2 cm³/mol. The Morgan fingerprint density at radius 1 is 1.33 bits per heavy atom. The topological polar surface area (TPSA) is 54.0 Å². The van der Waals surface area contributed by atoms with Crippen molar-refractivity contribution in [2.45, 2.75) is 19.4 Å². The Morgan fingerprint density at radius 2 is 2.19 bits per heavy atom. The zero-order valence-corrected chi connectivity index (χ0v) is 13.3. The lowest BCUT2D eigenvalue weighted by Gasteiger charge is -2.19. The van der Waals surface area contributed by atoms with Crippen LogP contribution in [0.2, 0.25) is 0 Å². The number of carbonyl (C=O) groups is 1. The first-order chi connectivity index (χ1) is 10.2. The molecule has 3 rings (SSSR count). The van der Waals surface area contributed by atoms with Gasteiger partial charge in [0.2, 0.25) is 5.91 Å². The molecular weight excluding hydrogens is 330 g/mol. The number of fused-ring (bicyclic) bond motifs is 1. The Kier molecular flexibility index (Phi) is 4.03. The molecule has 1 aromatic heterocycles. The van der Waals surface area contributed by atoms with E-state index in [1.165, 1.54) is 0 Å². The maximum absolute atomic E-state index is 11.5. The lowest BCUT2D eigenvalue weighted by molar-refractivity contribution is -0.115. The zero-order chi connectivity index (χ0) is 14.8. The third-order valence-corrected chi connectivity index (χ3v) is 3.99. The molecule has 2 aromatic rings. The first kappa shape index (κ1) is 14.2. The van der Waals surface area contributed by atoms with E-state index in [-0.39, 0.29) is 11.9 Å². The second-order valence-corrected chi connectivity index (χ2v) is 5.98. The van der Waals surface area contributed by atoms with Crippen LogP contribution in [-0.4, -0.2) is 17.4 Å². The number of hydrogen-bond donors (Lipinski definition) is 2. The molecule has 0 radical (unpaired) electrons. The van der Waals surface area contributed by atoms with Gasteiger partial charge in [-0.25, -0.2) is 0 Å². The Bertz CT molecular complexity index is 687. The van der Waals surface area contributed by atoms with Gasteiger partial charge in [-0.15, -0.1) is 0 Å². The molecule has 2 heterocycles. The summed E-state index contributed by atoms with van der Waals surface area (Å²) in [5.41, 5.74) is 4.23. The highest BCUT2D eigenvalue weighted by atomic mass is 79.9. The van der Waals surface area contributed by atoms with Crippen LogP contribution in [0.4, 0.5) is 5.69 Å². The number of rotatable bonds is 4. The molecule has 1 aliphatic rings. The van der Waals surface area contributed by atoms with Crippen molar-refractivity contribution < 1.29 is 4.79 Å². The zero-order valence-electron chi connectivity index (χ0n) is 11.7. The maximum atomic E-state index is 11.5. The first-order valence-corrected chi connectivity index (χ1v) is 7.73. The minimum absolute atomic E-state index is 0.0614. The van der Waals surface area contributed by atoms with E-state index in [1.807, 2.05) is 12.3 Å². The molecule has 4 nitrogen and oxygen atoms in total. The molecule has 0 saturated carbocycles. The Morgan fingerprint density at radius 3 is 2.95 bits per heavy atom. The summed E-state index contributed by atoms with van der Waals surface area (Å²) in [6.07, 6.45) is 4.10. The van der Waals surface area contributed by atoms with Crippen LogP contribution in [0.5, 0.6) is 0 Å². The number of amides is 1. The molecule has 0 fully saturated rings. The quantitative estimate of drug-likeness (QED) is 0.895. The van der Waals surface area contributed by atoms with E-state index in [2.05, 4.69) is 56.7 Å². The number of pyridine rings is 1. The van der Waals surface area contributed by atoms with Crippen molar-refractivity contribution in [2.24, 2.45) is 0 Å². The van der Waals surface area contributed by atoms with Crippen molar-refractivity contribution in [3.63, 3.8) is 0 Å². The van der Waals surface area contributed by atoms with Gasteiger partial charge in [0.1, 0.15) is 0 Å². The normalized spacial score (nSPS) is 14.7. The minimum Gasteiger partial charge on any atom is -0.326 e. The van der Waals surface area contributed by atoms with Gasteiger partial charge in [-0.05, 0) is 51.3 Å². The van der Waals surface area contributed by atoms with Crippen molar-refractivity contribution in [3.8, 4) is 0 Å². The maximum Gasteiger partial charge on any atom is 0.228 e. The van der Waals surface area contributed by atoms with Gasteiger partial charge in [-0.1, -0.05) is 19.1 Å². The van der Waals surface area contributed by atoms with E-state index in [1.54, 1.807) is 6.20 Å². The van der Waals surface area contributed by atoms with Crippen LogP contribution in [0.15, 0.2) is 41.1 Å². The number of carbonyl (C=O) groups excluding carboxylic acids is 1. The summed E-state index contributed by atoms with van der Waals surface area (Å²) >= 11 is 3.47. The Hall–Kier alpha value is -1.72. The standard InChI is InChI=1S/C16H16BrN3O/c1-2-19-16(12-6-13(17)9-18-8-12)10-3-4-14-11(5-10)7-15(21)20-14/h3-6,8-9,16,19H,2,7H2,1H3,(H,20,21). The number of halogens is 1. The molecule has 0 saturated heterocycles. The second kappa shape index (κ2) is 5.95. The summed E-state index contributed by atoms with van der Waals surface area (Å²) in [6, 6.07) is 8.27. The third kappa shape index (κ3) is 2.99. The lowest BCUT2D eigenvalue weighted by Crippen LogP contribution is -2.22. The molecule has 0 aliphatic carbocycles. The Balaban J connectivity index is 1.98. The predicted octanol–water partition coefficient (Wildman–Crippen LogP) is 3.04. The van der Waals surface area contributed by atoms with Gasteiger partial charge in [-0.3, -0.25) is 9.78 Å². The number of aromatic nitrogens is 1. The average molecular weight is 346 g/mol. The molecule has 2 N–H and O–H groups in total. The fourth-order valence-corrected chi connectivity index (χ4v) is 3.03. The fourth-order valence-electron chi connectivity index (χ4n) is 2.65. The second-order valence-electron chi connectivity index (χ2n) is 5.07. The highest BCUT2D eigenvalue weighted by molar-refractivity contribution is 9.10. The number of nitrogens with zero attached hydrogens (tertiary/aromatic N) is 1. The summed E-state index contributed by atoms with van der Waals surface area (Å²) in [4.78, 5) is 15.7. The summed E-state index contributed by atoms with van der Waals surface area (Å²) in [5.74, 6) is 0.0614. The van der Waals surface area contributed by atoms with Crippen molar-refractivity contribution in [1.29, 1.82) is 0 Å². The molecule has 1 atom stereocenters. The van der Waals surface area contributed by atoms with Gasteiger partial charge in [0.25, 0.3) is 0 Å². The van der Waals surface area contributed by atoms with Crippen LogP contribution in [0.1, 0.15) is 29.7 Å². The van der Waals surface area contributed by atoms with E-state index in [0.29, 0.717) is 6.42 Å². The summed E-state index contributed by atoms with van der Waals surface area (Å²) in [5, 5.41) is 6.34. The fraction of sp³-hybridized carbons (Fsp3) is 0.250. The van der Waals surface area contributed by atoms with Crippen LogP contribution in [0.25, 0.3) is 0 Å². The van der Waals surface area contributed by atoms with Crippen molar-refractivity contribution >= 4 is 27.5 Å². The van der Waals surface area contributed by atoms with E-state index >= 15 is 0 Å². The van der Waals surface area contributed by atoms with Gasteiger partial charge >= 0.3 is 0 Å². The molecule has 1 aliphatic heterocycles. The SMILES string of the molecule is CCNC(c1cncc(Br)c1)c1ccc2c(c1)CC(=O)N2. The van der Waals surface area contributed by atoms with Crippen molar-refractivity contribution in [3.05, 3.63) is 57.8 Å². The highest BCUT2D eigenvalue weighted by Crippen LogP contribution is 2.29. The molecule has 1 unspecified atom stereocenters. The van der Waals surface area contributed by atoms with Crippen molar-refractivity contribution in [2.75, 3.05) is 11.9 Å². The van der Waals surface area contributed by atoms with Gasteiger partial charge in [0.05, 0.1) is 12.5 Å². The highest BCUT2D eigenvalue weighted by Gasteiger charge is 2.20. The molecular formula is C16H16BrN3O. The van der Waals surface area contributed by atoms with Crippen LogP contribution in [0, 0.1) is 0 Å². The number of hydrogen-bond acceptors (Lipinski definition) is 3. The number of benzene rings is 1. The molecule has 1 amide bonds. The molecule has 108 valence electrons. The summed E-state index contributed by atoms with van der Waals surface area (Å²) in [7, 11) is 0. The molecule has 1 aromatic carbocycles. The Labute approximate surface area is 132 Å². The van der Waals surface area contributed by atoms with Crippen molar-refractivity contribution in [1.82, 2.24) is 10.3 Å². The first-order valence-electron chi connectivity index (χ1n) is 6.94. The van der Waals surface area contributed by atoms with Crippen LogP contribution in [-0.2, 0) is 11.2 Å². The van der Waals surface area contributed by atoms with E-state index in [0.717, 1.165) is 33.4 Å². The van der Waals surface area contributed by atoms with Crippen LogP contribution < -0.4 is 10.6 Å². The third-order valence-electron chi connectivity index (χ3n) is 3.56. The van der Waals surface area contributed by atoms with Crippen LogP contribution in [0.3, 0.4) is 0 Å².